The molecule has 0 aliphatic heterocycles. The van der Waals surface area contributed by atoms with Gasteiger partial charge in [0.05, 0.1) is 12.0 Å². The van der Waals surface area contributed by atoms with Crippen molar-refractivity contribution in [3.8, 4) is 0 Å². The van der Waals surface area contributed by atoms with E-state index < -0.39 is 30.2 Å². The maximum absolute atomic E-state index is 13.4. The Bertz CT molecular complexity index is 393. The van der Waals surface area contributed by atoms with Gasteiger partial charge in [-0.3, -0.25) is 9.78 Å². The molecule has 0 fully saturated rings. The van der Waals surface area contributed by atoms with Gasteiger partial charge in [0.2, 0.25) is 0 Å². The number of hydrogen-bond acceptors (Lipinski definition) is 2. The number of halogens is 3. The van der Waals surface area contributed by atoms with E-state index in [0.717, 1.165) is 6.20 Å². The van der Waals surface area contributed by atoms with E-state index in [1.165, 1.54) is 6.92 Å². The Hall–Kier alpha value is -1.59. The van der Waals surface area contributed by atoms with E-state index in [-0.39, 0.29) is 11.3 Å². The van der Waals surface area contributed by atoms with Crippen molar-refractivity contribution in [3.05, 3.63) is 28.8 Å². The van der Waals surface area contributed by atoms with Gasteiger partial charge in [-0.05, 0) is 6.92 Å². The molecule has 1 N–H and O–H groups in total. The molecule has 0 saturated carbocycles. The van der Waals surface area contributed by atoms with Crippen molar-refractivity contribution < 1.29 is 23.1 Å². The quantitative estimate of drug-likeness (QED) is 0.846. The molecule has 1 aromatic heterocycles. The summed E-state index contributed by atoms with van der Waals surface area (Å²) in [5, 5.41) is 8.46. The summed E-state index contributed by atoms with van der Waals surface area (Å²) in [4.78, 5) is 13.9. The highest BCUT2D eigenvalue weighted by atomic mass is 19.3. The van der Waals surface area contributed by atoms with Crippen LogP contribution in [0, 0.1) is 12.7 Å². The van der Waals surface area contributed by atoms with Gasteiger partial charge in [-0.15, -0.1) is 0 Å². The van der Waals surface area contributed by atoms with Gasteiger partial charge < -0.3 is 5.11 Å². The number of aryl methyl sites for hydroxylation is 1. The van der Waals surface area contributed by atoms with Crippen LogP contribution in [0.5, 0.6) is 0 Å². The average molecular weight is 219 g/mol. The smallest absolute Gasteiger partial charge is 0.307 e. The zero-order valence-corrected chi connectivity index (χ0v) is 7.80. The third-order valence-electron chi connectivity index (χ3n) is 1.92. The van der Waals surface area contributed by atoms with Gasteiger partial charge >= 0.3 is 5.97 Å². The topological polar surface area (TPSA) is 50.2 Å². The molecule has 0 saturated heterocycles. The second-order valence-electron chi connectivity index (χ2n) is 2.96. The summed E-state index contributed by atoms with van der Waals surface area (Å²) in [6.07, 6.45) is -2.92. The SMILES string of the molecule is Cc1ncc(C(F)F)c(F)c1CC(=O)O. The summed E-state index contributed by atoms with van der Waals surface area (Å²) in [5.74, 6) is -2.47. The maximum atomic E-state index is 13.4. The van der Waals surface area contributed by atoms with Gasteiger partial charge in [0.1, 0.15) is 5.82 Å². The number of rotatable bonds is 3. The van der Waals surface area contributed by atoms with Gasteiger partial charge in [-0.2, -0.15) is 0 Å². The van der Waals surface area contributed by atoms with Crippen LogP contribution in [0.2, 0.25) is 0 Å². The molecule has 15 heavy (non-hydrogen) atoms. The molecule has 1 heterocycles. The van der Waals surface area contributed by atoms with Crippen molar-refractivity contribution in [2.45, 2.75) is 19.8 Å². The maximum Gasteiger partial charge on any atom is 0.307 e. The summed E-state index contributed by atoms with van der Waals surface area (Å²) < 4.78 is 37.9. The number of nitrogens with zero attached hydrogens (tertiary/aromatic N) is 1. The fourth-order valence-electron chi connectivity index (χ4n) is 1.14. The molecule has 3 nitrogen and oxygen atoms in total. The van der Waals surface area contributed by atoms with Crippen LogP contribution in [0.25, 0.3) is 0 Å². The number of aliphatic carboxylic acids is 1. The van der Waals surface area contributed by atoms with Crippen LogP contribution in [0.1, 0.15) is 23.2 Å². The van der Waals surface area contributed by atoms with Crippen molar-refractivity contribution >= 4 is 5.97 Å². The Morgan fingerprint density at radius 2 is 2.20 bits per heavy atom. The largest absolute Gasteiger partial charge is 0.481 e. The van der Waals surface area contributed by atoms with Crippen molar-refractivity contribution in [2.24, 2.45) is 0 Å². The van der Waals surface area contributed by atoms with E-state index in [0.29, 0.717) is 0 Å². The Kier molecular flexibility index (Phi) is 3.28. The first-order valence-electron chi connectivity index (χ1n) is 4.07. The lowest BCUT2D eigenvalue weighted by molar-refractivity contribution is -0.136. The standard InChI is InChI=1S/C9H8F3NO2/c1-4-5(2-7(14)15)8(10)6(3-13-4)9(11)12/h3,9H,2H2,1H3,(H,14,15). The molecule has 0 radical (unpaired) electrons. The molecule has 0 aliphatic rings. The normalized spacial score (nSPS) is 10.7. The highest BCUT2D eigenvalue weighted by molar-refractivity contribution is 5.70. The van der Waals surface area contributed by atoms with Crippen molar-refractivity contribution in [1.82, 2.24) is 4.98 Å². The first kappa shape index (κ1) is 11.5. The van der Waals surface area contributed by atoms with E-state index in [9.17, 15) is 18.0 Å². The molecule has 1 rings (SSSR count). The van der Waals surface area contributed by atoms with Crippen molar-refractivity contribution in [2.75, 3.05) is 0 Å². The zero-order chi connectivity index (χ0) is 11.6. The predicted octanol–water partition coefficient (Wildman–Crippen LogP) is 2.09. The van der Waals surface area contributed by atoms with E-state index in [1.807, 2.05) is 0 Å². The number of carboxylic acids is 1. The second-order valence-corrected chi connectivity index (χ2v) is 2.96. The highest BCUT2D eigenvalue weighted by Gasteiger charge is 2.20. The van der Waals surface area contributed by atoms with E-state index in [4.69, 9.17) is 5.11 Å². The summed E-state index contributed by atoms with van der Waals surface area (Å²) in [6, 6.07) is 0. The lowest BCUT2D eigenvalue weighted by atomic mass is 10.1. The van der Waals surface area contributed by atoms with Gasteiger partial charge in [0.15, 0.2) is 0 Å². The molecule has 0 atom stereocenters. The van der Waals surface area contributed by atoms with Crippen molar-refractivity contribution in [1.29, 1.82) is 0 Å². The monoisotopic (exact) mass is 219 g/mol. The summed E-state index contributed by atoms with van der Waals surface area (Å²) in [5.41, 5.74) is -1.04. The molecule has 82 valence electrons. The van der Waals surface area contributed by atoms with Gasteiger partial charge in [0.25, 0.3) is 6.43 Å². The summed E-state index contributed by atoms with van der Waals surface area (Å²) >= 11 is 0. The van der Waals surface area contributed by atoms with Crippen LogP contribution < -0.4 is 0 Å². The summed E-state index contributed by atoms with van der Waals surface area (Å²) in [6.45, 7) is 1.37. The van der Waals surface area contributed by atoms with Gasteiger partial charge in [0, 0.05) is 17.5 Å². The average Bonchev–Trinajstić information content (AvgIpc) is 2.11. The lowest BCUT2D eigenvalue weighted by Crippen LogP contribution is -2.08. The Labute approximate surface area is 83.6 Å². The third-order valence-corrected chi connectivity index (χ3v) is 1.92. The third kappa shape index (κ3) is 2.45. The molecule has 0 bridgehead atoms. The second kappa shape index (κ2) is 4.29. The molecule has 0 amide bonds. The number of carbonyl (C=O) groups is 1. The van der Waals surface area contributed by atoms with Gasteiger partial charge in [-0.25, -0.2) is 13.2 Å². The number of alkyl halides is 2. The fraction of sp³-hybridized carbons (Fsp3) is 0.333. The molecule has 1 aromatic rings. The molecule has 0 aliphatic carbocycles. The molecule has 0 aromatic carbocycles. The van der Waals surface area contributed by atoms with E-state index in [1.54, 1.807) is 0 Å². The first-order valence-corrected chi connectivity index (χ1v) is 4.07. The highest BCUT2D eigenvalue weighted by Crippen LogP contribution is 2.24. The molecular formula is C9H8F3NO2. The number of carboxylic acid groups (broad SMARTS) is 1. The van der Waals surface area contributed by atoms with Crippen LogP contribution in [-0.2, 0) is 11.2 Å². The number of aromatic nitrogens is 1. The zero-order valence-electron chi connectivity index (χ0n) is 7.80. The number of hydrogen-bond donors (Lipinski definition) is 1. The molecular weight excluding hydrogens is 211 g/mol. The number of pyridine rings is 1. The summed E-state index contributed by atoms with van der Waals surface area (Å²) in [7, 11) is 0. The van der Waals surface area contributed by atoms with Gasteiger partial charge in [-0.1, -0.05) is 0 Å². The minimum absolute atomic E-state index is 0.110. The lowest BCUT2D eigenvalue weighted by Gasteiger charge is -2.08. The first-order chi connectivity index (χ1) is 6.93. The van der Waals surface area contributed by atoms with Crippen LogP contribution in [0.15, 0.2) is 6.20 Å². The van der Waals surface area contributed by atoms with Crippen LogP contribution in [0.3, 0.4) is 0 Å². The van der Waals surface area contributed by atoms with Crippen molar-refractivity contribution in [3.63, 3.8) is 0 Å². The Morgan fingerprint density at radius 1 is 1.60 bits per heavy atom. The fourth-order valence-corrected chi connectivity index (χ4v) is 1.14. The minimum Gasteiger partial charge on any atom is -0.481 e. The minimum atomic E-state index is -2.99. The van der Waals surface area contributed by atoms with E-state index >= 15 is 0 Å². The molecule has 0 unspecified atom stereocenters. The van der Waals surface area contributed by atoms with Crippen LogP contribution in [0.4, 0.5) is 13.2 Å². The van der Waals surface area contributed by atoms with E-state index in [2.05, 4.69) is 4.98 Å². The molecule has 0 spiro atoms. The Morgan fingerprint density at radius 3 is 2.67 bits per heavy atom. The van der Waals surface area contributed by atoms with Crippen LogP contribution >= 0.6 is 0 Å². The van der Waals surface area contributed by atoms with Crippen LogP contribution in [-0.4, -0.2) is 16.1 Å². The Balaban J connectivity index is 3.23. The predicted molar refractivity (Wildman–Crippen MR) is 45.2 cm³/mol. The molecule has 6 heteroatoms.